The van der Waals surface area contributed by atoms with Crippen LogP contribution in [0, 0.1) is 5.41 Å². The second-order valence-corrected chi connectivity index (χ2v) is 6.05. The fourth-order valence-corrected chi connectivity index (χ4v) is 2.50. The number of ketones is 1. The van der Waals surface area contributed by atoms with E-state index in [-0.39, 0.29) is 17.0 Å². The smallest absolute Gasteiger partial charge is 0.168 e. The molecule has 0 aliphatic heterocycles. The van der Waals surface area contributed by atoms with Crippen LogP contribution >= 0.6 is 0 Å². The molecule has 1 aromatic rings. The van der Waals surface area contributed by atoms with E-state index >= 15 is 0 Å². The monoisotopic (exact) mass is 272 g/mol. The van der Waals surface area contributed by atoms with Gasteiger partial charge >= 0.3 is 0 Å². The average molecular weight is 272 g/mol. The molecule has 106 valence electrons. The van der Waals surface area contributed by atoms with Gasteiger partial charge in [0.1, 0.15) is 5.76 Å². The van der Waals surface area contributed by atoms with Crippen LogP contribution in [0.15, 0.2) is 40.6 Å². The number of Topliss-reactive ketones (excluding diaryl/α,β-unsaturated/α-hetero) is 1. The number of carbonyl (C=O) groups excluding carboxylic acids is 1. The Morgan fingerprint density at radius 3 is 2.40 bits per heavy atom. The summed E-state index contributed by atoms with van der Waals surface area (Å²) in [5.41, 5.74) is 7.73. The van der Waals surface area contributed by atoms with E-state index in [4.69, 9.17) is 5.73 Å². The molecule has 0 unspecified atom stereocenters. The molecular formula is C16H20N2O2. The van der Waals surface area contributed by atoms with E-state index in [0.717, 1.165) is 5.69 Å². The summed E-state index contributed by atoms with van der Waals surface area (Å²) >= 11 is 0. The number of hydrogen-bond donors (Lipinski definition) is 2. The highest BCUT2D eigenvalue weighted by Crippen LogP contribution is 2.36. The molecule has 1 aliphatic rings. The van der Waals surface area contributed by atoms with Gasteiger partial charge in [0.15, 0.2) is 5.78 Å². The first-order valence-electron chi connectivity index (χ1n) is 6.65. The number of nitrogens with zero attached hydrogens (tertiary/aromatic N) is 1. The minimum Gasteiger partial charge on any atom is -0.511 e. The van der Waals surface area contributed by atoms with Gasteiger partial charge in [0.05, 0.1) is 17.0 Å². The number of allylic oxidation sites excluding steroid dienone is 2. The molecule has 0 bridgehead atoms. The lowest BCUT2D eigenvalue weighted by Gasteiger charge is -2.29. The van der Waals surface area contributed by atoms with Crippen molar-refractivity contribution >= 4 is 22.9 Å². The van der Waals surface area contributed by atoms with Gasteiger partial charge in [0.2, 0.25) is 0 Å². The Labute approximate surface area is 119 Å². The first kappa shape index (κ1) is 14.3. The Kier molecular flexibility index (Phi) is 3.66. The zero-order valence-electron chi connectivity index (χ0n) is 12.1. The average Bonchev–Trinajstić information content (AvgIpc) is 2.29. The summed E-state index contributed by atoms with van der Waals surface area (Å²) in [5, 5.41) is 10.1. The SMILES string of the molecule is CC(=Nc1ccc(N)cc1)C1=C(O)CC(C)(C)CC1=O. The predicted molar refractivity (Wildman–Crippen MR) is 81.3 cm³/mol. The van der Waals surface area contributed by atoms with E-state index < -0.39 is 0 Å². The summed E-state index contributed by atoms with van der Waals surface area (Å²) in [5.74, 6) is 0.0957. The largest absolute Gasteiger partial charge is 0.511 e. The molecule has 0 saturated heterocycles. The number of aliphatic imine (C=N–C) groups is 1. The number of anilines is 1. The zero-order valence-corrected chi connectivity index (χ0v) is 12.1. The van der Waals surface area contributed by atoms with Crippen LogP contribution in [0.25, 0.3) is 0 Å². The number of benzene rings is 1. The number of nitrogen functional groups attached to an aromatic ring is 1. The summed E-state index contributed by atoms with van der Waals surface area (Å²) in [7, 11) is 0. The first-order chi connectivity index (χ1) is 9.28. The third kappa shape index (κ3) is 3.07. The molecule has 4 heteroatoms. The van der Waals surface area contributed by atoms with Crippen molar-refractivity contribution in [3.8, 4) is 0 Å². The molecule has 3 N–H and O–H groups in total. The van der Waals surface area contributed by atoms with E-state index in [0.29, 0.717) is 29.8 Å². The molecule has 0 atom stereocenters. The summed E-state index contributed by atoms with van der Waals surface area (Å²) < 4.78 is 0. The number of aliphatic hydroxyl groups is 1. The Bertz CT molecular complexity index is 595. The first-order valence-corrected chi connectivity index (χ1v) is 6.65. The molecular weight excluding hydrogens is 252 g/mol. The van der Waals surface area contributed by atoms with Gasteiger partial charge in [-0.15, -0.1) is 0 Å². The molecule has 1 aliphatic carbocycles. The Hall–Kier alpha value is -2.10. The maximum Gasteiger partial charge on any atom is 0.168 e. The van der Waals surface area contributed by atoms with Gasteiger partial charge in [-0.3, -0.25) is 9.79 Å². The maximum atomic E-state index is 12.2. The molecule has 0 heterocycles. The Morgan fingerprint density at radius 2 is 1.85 bits per heavy atom. The van der Waals surface area contributed by atoms with Crippen molar-refractivity contribution in [3.63, 3.8) is 0 Å². The number of hydrogen-bond acceptors (Lipinski definition) is 4. The topological polar surface area (TPSA) is 75.7 Å². The number of carbonyl (C=O) groups is 1. The van der Waals surface area contributed by atoms with Crippen molar-refractivity contribution in [1.82, 2.24) is 0 Å². The summed E-state index contributed by atoms with van der Waals surface area (Å²) in [6.07, 6.45) is 0.934. The van der Waals surface area contributed by atoms with Crippen LogP contribution in [0.2, 0.25) is 0 Å². The van der Waals surface area contributed by atoms with Crippen LogP contribution in [-0.4, -0.2) is 16.6 Å². The highest BCUT2D eigenvalue weighted by Gasteiger charge is 2.33. The quantitative estimate of drug-likeness (QED) is 0.638. The highest BCUT2D eigenvalue weighted by molar-refractivity contribution is 6.23. The molecule has 20 heavy (non-hydrogen) atoms. The van der Waals surface area contributed by atoms with E-state index in [2.05, 4.69) is 4.99 Å². The molecule has 0 fully saturated rings. The van der Waals surface area contributed by atoms with Crippen LogP contribution in [0.5, 0.6) is 0 Å². The van der Waals surface area contributed by atoms with Gasteiger partial charge in [-0.1, -0.05) is 13.8 Å². The van der Waals surface area contributed by atoms with Gasteiger partial charge in [-0.05, 0) is 36.6 Å². The number of rotatable bonds is 2. The minimum atomic E-state index is -0.188. The second-order valence-electron chi connectivity index (χ2n) is 6.05. The molecule has 0 amide bonds. The van der Waals surface area contributed by atoms with Crippen molar-refractivity contribution in [2.75, 3.05) is 5.73 Å². The van der Waals surface area contributed by atoms with E-state index in [9.17, 15) is 9.90 Å². The molecule has 0 spiro atoms. The summed E-state index contributed by atoms with van der Waals surface area (Å²) in [6, 6.07) is 7.08. The van der Waals surface area contributed by atoms with Gasteiger partial charge < -0.3 is 10.8 Å². The van der Waals surface area contributed by atoms with Crippen molar-refractivity contribution in [1.29, 1.82) is 0 Å². The predicted octanol–water partition coefficient (Wildman–Crippen LogP) is 3.56. The van der Waals surface area contributed by atoms with E-state index in [1.807, 2.05) is 13.8 Å². The van der Waals surface area contributed by atoms with Crippen LogP contribution < -0.4 is 5.73 Å². The Balaban J connectivity index is 2.35. The molecule has 0 radical (unpaired) electrons. The summed E-state index contributed by atoms with van der Waals surface area (Å²) in [6.45, 7) is 5.70. The van der Waals surface area contributed by atoms with Gasteiger partial charge in [-0.25, -0.2) is 0 Å². The maximum absolute atomic E-state index is 12.2. The number of aliphatic hydroxyl groups excluding tert-OH is 1. The zero-order chi connectivity index (χ0) is 14.9. The molecule has 0 saturated carbocycles. The molecule has 1 aromatic carbocycles. The lowest BCUT2D eigenvalue weighted by Crippen LogP contribution is -2.28. The van der Waals surface area contributed by atoms with E-state index in [1.54, 1.807) is 31.2 Å². The fraction of sp³-hybridized carbons (Fsp3) is 0.375. The van der Waals surface area contributed by atoms with Crippen molar-refractivity contribution in [2.45, 2.75) is 33.6 Å². The van der Waals surface area contributed by atoms with Gasteiger partial charge in [-0.2, -0.15) is 0 Å². The second kappa shape index (κ2) is 5.12. The van der Waals surface area contributed by atoms with Gasteiger partial charge in [0.25, 0.3) is 0 Å². The molecule has 0 aromatic heterocycles. The van der Waals surface area contributed by atoms with Crippen LogP contribution in [-0.2, 0) is 4.79 Å². The minimum absolute atomic E-state index is 0.0459. The highest BCUT2D eigenvalue weighted by atomic mass is 16.3. The Morgan fingerprint density at radius 1 is 1.25 bits per heavy atom. The van der Waals surface area contributed by atoms with Gasteiger partial charge in [0, 0.05) is 18.5 Å². The third-order valence-corrected chi connectivity index (χ3v) is 3.40. The lowest BCUT2D eigenvalue weighted by atomic mass is 9.76. The van der Waals surface area contributed by atoms with Crippen molar-refractivity contribution in [3.05, 3.63) is 35.6 Å². The normalized spacial score (nSPS) is 19.4. The summed E-state index contributed by atoms with van der Waals surface area (Å²) in [4.78, 5) is 16.6. The fourth-order valence-electron chi connectivity index (χ4n) is 2.50. The van der Waals surface area contributed by atoms with E-state index in [1.165, 1.54) is 0 Å². The van der Waals surface area contributed by atoms with Crippen molar-refractivity contribution < 1.29 is 9.90 Å². The molecule has 2 rings (SSSR count). The lowest BCUT2D eigenvalue weighted by molar-refractivity contribution is -0.117. The van der Waals surface area contributed by atoms with Crippen LogP contribution in [0.4, 0.5) is 11.4 Å². The van der Waals surface area contributed by atoms with Crippen LogP contribution in [0.1, 0.15) is 33.6 Å². The number of nitrogens with two attached hydrogens (primary N) is 1. The standard InChI is InChI=1S/C16H20N2O2/c1-10(18-12-6-4-11(17)5-7-12)15-13(19)8-16(2,3)9-14(15)20/h4-7,19H,8-9,17H2,1-3H3. The van der Waals surface area contributed by atoms with Crippen LogP contribution in [0.3, 0.4) is 0 Å². The third-order valence-electron chi connectivity index (χ3n) is 3.40. The van der Waals surface area contributed by atoms with Crippen molar-refractivity contribution in [2.24, 2.45) is 10.4 Å². The molecule has 4 nitrogen and oxygen atoms in total.